The lowest BCUT2D eigenvalue weighted by Crippen LogP contribution is -2.57. The van der Waals surface area contributed by atoms with Crippen LogP contribution in [0.25, 0.3) is 0 Å². The molecule has 2 nitrogen and oxygen atoms in total. The van der Waals surface area contributed by atoms with Crippen molar-refractivity contribution < 1.29 is 5.11 Å². The molecule has 2 bridgehead atoms. The Morgan fingerprint density at radius 3 is 2.50 bits per heavy atom. The number of aromatic hydroxyl groups is 1. The van der Waals surface area contributed by atoms with Crippen LogP contribution in [0.2, 0.25) is 0 Å². The van der Waals surface area contributed by atoms with Crippen LogP contribution in [0.5, 0.6) is 5.75 Å². The molecule has 14 heavy (non-hydrogen) atoms. The van der Waals surface area contributed by atoms with Gasteiger partial charge in [0.1, 0.15) is 5.75 Å². The smallest absolute Gasteiger partial charge is 0.115 e. The van der Waals surface area contributed by atoms with Crippen molar-refractivity contribution in [2.24, 2.45) is 5.92 Å². The molecule has 1 aromatic rings. The first kappa shape index (κ1) is 8.30. The van der Waals surface area contributed by atoms with E-state index in [0.717, 1.165) is 12.5 Å². The highest BCUT2D eigenvalue weighted by Crippen LogP contribution is 2.49. The summed E-state index contributed by atoms with van der Waals surface area (Å²) in [5, 5.41) is 12.7. The lowest BCUT2D eigenvalue weighted by molar-refractivity contribution is 0.0900. The first-order chi connectivity index (χ1) is 6.78. The third-order valence-corrected chi connectivity index (χ3v) is 3.73. The van der Waals surface area contributed by atoms with Gasteiger partial charge in [-0.1, -0.05) is 12.1 Å². The van der Waals surface area contributed by atoms with E-state index in [1.807, 2.05) is 0 Å². The molecule has 0 spiro atoms. The van der Waals surface area contributed by atoms with Gasteiger partial charge in [-0.25, -0.2) is 0 Å². The Hall–Kier alpha value is -1.02. The minimum Gasteiger partial charge on any atom is -0.508 e. The Kier molecular flexibility index (Phi) is 1.62. The largest absolute Gasteiger partial charge is 0.508 e. The molecule has 2 N–H and O–H groups in total. The van der Waals surface area contributed by atoms with Crippen molar-refractivity contribution in [2.45, 2.75) is 18.3 Å². The molecule has 3 fully saturated rings. The van der Waals surface area contributed by atoms with Crippen LogP contribution in [-0.4, -0.2) is 18.2 Å². The molecule has 2 heterocycles. The van der Waals surface area contributed by atoms with Crippen LogP contribution in [-0.2, 0) is 5.41 Å². The molecule has 0 unspecified atom stereocenters. The van der Waals surface area contributed by atoms with Crippen LogP contribution in [0.1, 0.15) is 18.4 Å². The lowest BCUT2D eigenvalue weighted by Gasteiger charge is -2.53. The monoisotopic (exact) mass is 189 g/mol. The number of piperidine rings is 2. The molecule has 2 aliphatic heterocycles. The van der Waals surface area contributed by atoms with Crippen LogP contribution >= 0.6 is 0 Å². The Morgan fingerprint density at radius 1 is 1.21 bits per heavy atom. The number of rotatable bonds is 1. The fourth-order valence-electron chi connectivity index (χ4n) is 3.00. The quantitative estimate of drug-likeness (QED) is 0.704. The van der Waals surface area contributed by atoms with E-state index in [1.54, 1.807) is 12.1 Å². The highest BCUT2D eigenvalue weighted by molar-refractivity contribution is 5.35. The van der Waals surface area contributed by atoms with Crippen LogP contribution < -0.4 is 5.32 Å². The fourth-order valence-corrected chi connectivity index (χ4v) is 3.00. The van der Waals surface area contributed by atoms with Gasteiger partial charge in [0.05, 0.1) is 0 Å². The van der Waals surface area contributed by atoms with Gasteiger partial charge in [-0.3, -0.25) is 0 Å². The third kappa shape index (κ3) is 1.07. The maximum Gasteiger partial charge on any atom is 0.115 e. The summed E-state index contributed by atoms with van der Waals surface area (Å²) in [6.07, 6.45) is 2.65. The van der Waals surface area contributed by atoms with Crippen molar-refractivity contribution in [1.29, 1.82) is 0 Å². The van der Waals surface area contributed by atoms with Gasteiger partial charge in [-0.2, -0.15) is 0 Å². The molecule has 1 saturated carbocycles. The Labute approximate surface area is 84.0 Å². The van der Waals surface area contributed by atoms with E-state index in [0.29, 0.717) is 11.2 Å². The Bertz CT molecular complexity index is 332. The van der Waals surface area contributed by atoms with Gasteiger partial charge in [0.2, 0.25) is 0 Å². The number of phenols is 1. The van der Waals surface area contributed by atoms with Gasteiger partial charge >= 0.3 is 0 Å². The summed E-state index contributed by atoms with van der Waals surface area (Å²) in [6.45, 7) is 2.30. The van der Waals surface area contributed by atoms with E-state index in [4.69, 9.17) is 0 Å². The lowest BCUT2D eigenvalue weighted by atomic mass is 9.56. The summed E-state index contributed by atoms with van der Waals surface area (Å²) < 4.78 is 0. The molecule has 0 aromatic heterocycles. The average molecular weight is 189 g/mol. The normalized spacial score (nSPS) is 35.0. The first-order valence-corrected chi connectivity index (χ1v) is 5.29. The summed E-state index contributed by atoms with van der Waals surface area (Å²) in [7, 11) is 0. The standard InChI is InChI=1S/C12H15NO/c14-11-3-1-10(2-4-11)12-5-9(6-12)7-13-8-12/h1-4,9,13-14H,5-8H2. The molecular formula is C12H15NO. The molecule has 3 aliphatic rings. The van der Waals surface area contributed by atoms with Gasteiger partial charge in [0.15, 0.2) is 0 Å². The van der Waals surface area contributed by atoms with Crippen molar-refractivity contribution in [3.8, 4) is 5.75 Å². The van der Waals surface area contributed by atoms with E-state index >= 15 is 0 Å². The first-order valence-electron chi connectivity index (χ1n) is 5.29. The minimum atomic E-state index is 0.366. The fraction of sp³-hybridized carbons (Fsp3) is 0.500. The zero-order valence-electron chi connectivity index (χ0n) is 8.16. The summed E-state index contributed by atoms with van der Waals surface area (Å²) in [5.74, 6) is 1.25. The molecule has 0 radical (unpaired) electrons. The van der Waals surface area contributed by atoms with Crippen LogP contribution in [0.3, 0.4) is 0 Å². The topological polar surface area (TPSA) is 32.3 Å². The van der Waals surface area contributed by atoms with Gasteiger partial charge < -0.3 is 10.4 Å². The number of nitrogens with one attached hydrogen (secondary N) is 1. The van der Waals surface area contributed by atoms with Crippen molar-refractivity contribution in [3.63, 3.8) is 0 Å². The second-order valence-corrected chi connectivity index (χ2v) is 4.73. The molecule has 2 saturated heterocycles. The van der Waals surface area contributed by atoms with Crippen molar-refractivity contribution >= 4 is 0 Å². The van der Waals surface area contributed by atoms with Crippen LogP contribution in [0, 0.1) is 5.92 Å². The summed E-state index contributed by atoms with van der Waals surface area (Å²) in [6, 6.07) is 7.73. The van der Waals surface area contributed by atoms with Gasteiger partial charge in [0.25, 0.3) is 0 Å². The number of benzene rings is 1. The van der Waals surface area contributed by atoms with Gasteiger partial charge in [-0.05, 0) is 43.0 Å². The highest BCUT2D eigenvalue weighted by atomic mass is 16.3. The summed E-state index contributed by atoms with van der Waals surface area (Å²) >= 11 is 0. The van der Waals surface area contributed by atoms with Crippen LogP contribution in [0.15, 0.2) is 24.3 Å². The van der Waals surface area contributed by atoms with E-state index in [2.05, 4.69) is 17.4 Å². The summed E-state index contributed by atoms with van der Waals surface area (Å²) in [5.41, 5.74) is 1.77. The second kappa shape index (κ2) is 2.74. The predicted molar refractivity (Wildman–Crippen MR) is 55.4 cm³/mol. The zero-order valence-corrected chi connectivity index (χ0v) is 8.16. The molecular weight excluding hydrogens is 174 g/mol. The number of hydrogen-bond acceptors (Lipinski definition) is 2. The SMILES string of the molecule is Oc1ccc(C23CNCC(C2)C3)cc1. The zero-order chi connectivity index (χ0) is 9.60. The van der Waals surface area contributed by atoms with Gasteiger partial charge in [0, 0.05) is 12.0 Å². The average Bonchev–Trinajstić information content (AvgIpc) is 2.18. The molecule has 0 amide bonds. The minimum absolute atomic E-state index is 0.366. The van der Waals surface area contributed by atoms with Crippen molar-refractivity contribution in [2.75, 3.05) is 13.1 Å². The predicted octanol–water partition coefficient (Wildman–Crippen LogP) is 1.64. The highest BCUT2D eigenvalue weighted by Gasteiger charge is 2.47. The number of phenolic OH excluding ortho intramolecular Hbond substituents is 1. The second-order valence-electron chi connectivity index (χ2n) is 4.73. The van der Waals surface area contributed by atoms with Crippen LogP contribution in [0.4, 0.5) is 0 Å². The Morgan fingerprint density at radius 2 is 1.93 bits per heavy atom. The molecule has 1 aliphatic carbocycles. The molecule has 0 atom stereocenters. The molecule has 2 heteroatoms. The molecule has 4 rings (SSSR count). The van der Waals surface area contributed by atoms with Crippen molar-refractivity contribution in [1.82, 2.24) is 5.32 Å². The Balaban J connectivity index is 1.91. The maximum atomic E-state index is 9.24. The maximum absolute atomic E-state index is 9.24. The molecule has 74 valence electrons. The molecule has 1 aromatic carbocycles. The van der Waals surface area contributed by atoms with Gasteiger partial charge in [-0.15, -0.1) is 0 Å². The van der Waals surface area contributed by atoms with E-state index in [9.17, 15) is 5.11 Å². The van der Waals surface area contributed by atoms with Crippen molar-refractivity contribution in [3.05, 3.63) is 29.8 Å². The third-order valence-electron chi connectivity index (χ3n) is 3.73. The number of fused-ring (bicyclic) bond motifs is 2. The van der Waals surface area contributed by atoms with E-state index < -0.39 is 0 Å². The number of hydrogen-bond donors (Lipinski definition) is 2. The van der Waals surface area contributed by atoms with E-state index in [-0.39, 0.29) is 0 Å². The van der Waals surface area contributed by atoms with E-state index in [1.165, 1.54) is 24.9 Å². The summed E-state index contributed by atoms with van der Waals surface area (Å²) in [4.78, 5) is 0.